The molecule has 4 unspecified atom stereocenters. The molecule has 5 heterocycles. The predicted molar refractivity (Wildman–Crippen MR) is 185 cm³/mol. The number of nitrogens with zero attached hydrogens (tertiary/aromatic N) is 4. The van der Waals surface area contributed by atoms with Crippen LogP contribution < -0.4 is 15.0 Å². The highest BCUT2D eigenvalue weighted by molar-refractivity contribution is 6.04. The van der Waals surface area contributed by atoms with Crippen LogP contribution in [0.4, 0.5) is 10.2 Å². The van der Waals surface area contributed by atoms with Gasteiger partial charge in [0.05, 0.1) is 12.7 Å². The van der Waals surface area contributed by atoms with E-state index in [-0.39, 0.29) is 22.7 Å². The highest BCUT2D eigenvalue weighted by Crippen LogP contribution is 2.50. The van der Waals surface area contributed by atoms with Gasteiger partial charge in [0.1, 0.15) is 17.1 Å². The van der Waals surface area contributed by atoms with E-state index in [2.05, 4.69) is 21.0 Å². The summed E-state index contributed by atoms with van der Waals surface area (Å²) in [6, 6.07) is 14.6. The lowest BCUT2D eigenvalue weighted by Gasteiger charge is -2.40. The molecule has 0 amide bonds. The molecule has 4 atom stereocenters. The molecule has 4 aliphatic heterocycles. The van der Waals surface area contributed by atoms with Gasteiger partial charge in [-0.05, 0) is 86.6 Å². The van der Waals surface area contributed by atoms with Crippen molar-refractivity contribution in [1.29, 1.82) is 0 Å². The molecule has 1 saturated carbocycles. The molecule has 1 aliphatic carbocycles. The van der Waals surface area contributed by atoms with Crippen molar-refractivity contribution in [3.8, 4) is 35.2 Å². The maximum Gasteiger partial charge on any atom is 0.319 e. The summed E-state index contributed by atoms with van der Waals surface area (Å²) in [4.78, 5) is 14.8. The third-order valence-corrected chi connectivity index (χ3v) is 11.8. The topological polar surface area (TPSA) is 83.0 Å². The fourth-order valence-electron chi connectivity index (χ4n) is 9.16. The van der Waals surface area contributed by atoms with Crippen molar-refractivity contribution in [3.63, 3.8) is 0 Å². The van der Waals surface area contributed by atoms with Gasteiger partial charge < -0.3 is 24.8 Å². The number of phenolic OH excluding ortho intramolecular Hbond substituents is 1. The van der Waals surface area contributed by atoms with Crippen molar-refractivity contribution in [3.05, 3.63) is 53.8 Å². The molecular formula is C39H42FN5O3. The van der Waals surface area contributed by atoms with Crippen molar-refractivity contribution in [1.82, 2.24) is 20.2 Å². The number of terminal acetylenes is 1. The molecule has 0 radical (unpaired) electrons. The molecule has 5 aliphatic rings. The number of benzene rings is 3. The molecule has 4 aromatic rings. The minimum Gasteiger partial charge on any atom is -0.508 e. The van der Waals surface area contributed by atoms with Crippen LogP contribution in [0, 0.1) is 23.6 Å². The van der Waals surface area contributed by atoms with E-state index < -0.39 is 5.82 Å². The molecule has 4 bridgehead atoms. The first-order valence-corrected chi connectivity index (χ1v) is 17.6. The van der Waals surface area contributed by atoms with Gasteiger partial charge in [-0.15, -0.1) is 6.42 Å². The summed E-state index contributed by atoms with van der Waals surface area (Å²) >= 11 is 0. The number of rotatable bonds is 8. The summed E-state index contributed by atoms with van der Waals surface area (Å²) in [6.07, 6.45) is 15.4. The number of phenols is 1. The van der Waals surface area contributed by atoms with Gasteiger partial charge in [-0.3, -0.25) is 4.90 Å². The Hall–Kier alpha value is -3.97. The molecule has 48 heavy (non-hydrogen) atoms. The number of nitrogens with one attached hydrogen (secondary N) is 1. The number of aromatic nitrogens is 2. The Bertz CT molecular complexity index is 1930. The van der Waals surface area contributed by atoms with Crippen LogP contribution in [0.5, 0.6) is 11.8 Å². The molecule has 3 aromatic carbocycles. The second-order valence-corrected chi connectivity index (χ2v) is 14.9. The number of hydrogen-bond acceptors (Lipinski definition) is 8. The first-order chi connectivity index (χ1) is 23.4. The zero-order valence-electron chi connectivity index (χ0n) is 27.4. The van der Waals surface area contributed by atoms with Gasteiger partial charge in [0.25, 0.3) is 0 Å². The average molecular weight is 648 g/mol. The zero-order valence-corrected chi connectivity index (χ0v) is 27.4. The van der Waals surface area contributed by atoms with Crippen molar-refractivity contribution in [2.75, 3.05) is 38.3 Å². The molecular weight excluding hydrogens is 605 g/mol. The van der Waals surface area contributed by atoms with Crippen LogP contribution in [0.15, 0.2) is 42.5 Å². The standard InChI is InChI=1S/C39H42FN5O3/c1-3-23-5-4-6-24-15-29(46)18-33(34(23)24)31-11-12-32-36(35(31)40)42-38(43-37(32)44-19-25-7-8-26(20-44)41-25)48-22-39(13-14-39)21-45-27-9-10-28(45)17-30(16-27)47-2/h1,4-6,11-12,15,18,25-28,30,41,46H,7-10,13-14,16-17,19-22H2,2H3. The quantitative estimate of drug-likeness (QED) is 0.225. The van der Waals surface area contributed by atoms with Crippen LogP contribution in [-0.4, -0.2) is 83.6 Å². The van der Waals surface area contributed by atoms with Crippen molar-refractivity contribution >= 4 is 27.5 Å². The SMILES string of the molecule is C#Cc1cccc2cc(O)cc(-c3ccc4c(N5CC6CCC(C5)N6)nc(OCC5(CN6C7CCC6CC(OC)C7)CC5)nc4c3F)c12. The van der Waals surface area contributed by atoms with Crippen LogP contribution in [0.25, 0.3) is 32.8 Å². The first-order valence-electron chi connectivity index (χ1n) is 17.6. The van der Waals surface area contributed by atoms with Crippen molar-refractivity contribution in [2.45, 2.75) is 81.6 Å². The Labute approximate surface area is 280 Å². The van der Waals surface area contributed by atoms with E-state index in [0.717, 1.165) is 68.9 Å². The normalized spacial score (nSPS) is 27.4. The van der Waals surface area contributed by atoms with Crippen molar-refractivity contribution in [2.24, 2.45) is 5.41 Å². The lowest BCUT2D eigenvalue weighted by molar-refractivity contribution is -0.00554. The van der Waals surface area contributed by atoms with E-state index in [1.165, 1.54) is 12.8 Å². The van der Waals surface area contributed by atoms with Gasteiger partial charge in [-0.25, -0.2) is 4.39 Å². The van der Waals surface area contributed by atoms with Gasteiger partial charge in [-0.2, -0.15) is 9.97 Å². The highest BCUT2D eigenvalue weighted by atomic mass is 19.1. The number of halogens is 1. The number of fused-ring (bicyclic) bond motifs is 6. The second-order valence-electron chi connectivity index (χ2n) is 14.9. The predicted octanol–water partition coefficient (Wildman–Crippen LogP) is 6.02. The number of methoxy groups -OCH3 is 1. The minimum atomic E-state index is -0.475. The number of piperidine rings is 1. The van der Waals surface area contributed by atoms with Gasteiger partial charge >= 0.3 is 6.01 Å². The van der Waals surface area contributed by atoms with Crippen LogP contribution >= 0.6 is 0 Å². The lowest BCUT2D eigenvalue weighted by Crippen LogP contribution is -2.51. The smallest absolute Gasteiger partial charge is 0.319 e. The molecule has 8 nitrogen and oxygen atoms in total. The number of hydrogen-bond donors (Lipinski definition) is 2. The van der Waals surface area contributed by atoms with E-state index in [1.807, 2.05) is 31.4 Å². The van der Waals surface area contributed by atoms with E-state index in [0.29, 0.717) is 64.8 Å². The number of anilines is 1. The summed E-state index contributed by atoms with van der Waals surface area (Å²) in [6.45, 7) is 3.13. The van der Waals surface area contributed by atoms with Crippen LogP contribution in [-0.2, 0) is 4.74 Å². The largest absolute Gasteiger partial charge is 0.508 e. The average Bonchev–Trinajstić information content (AvgIpc) is 3.73. The summed E-state index contributed by atoms with van der Waals surface area (Å²) in [7, 11) is 1.84. The summed E-state index contributed by atoms with van der Waals surface area (Å²) in [5.41, 5.74) is 1.79. The Morgan fingerprint density at radius 3 is 2.50 bits per heavy atom. The van der Waals surface area contributed by atoms with Crippen LogP contribution in [0.3, 0.4) is 0 Å². The fraction of sp³-hybridized carbons (Fsp3) is 0.487. The summed E-state index contributed by atoms with van der Waals surface area (Å²) in [5.74, 6) is 3.03. The number of ether oxygens (including phenoxy) is 2. The Morgan fingerprint density at radius 2 is 1.79 bits per heavy atom. The molecule has 0 spiro atoms. The minimum absolute atomic E-state index is 0.0458. The third kappa shape index (κ3) is 5.17. The van der Waals surface area contributed by atoms with Crippen molar-refractivity contribution < 1.29 is 19.0 Å². The molecule has 5 fully saturated rings. The first kappa shape index (κ1) is 30.1. The van der Waals surface area contributed by atoms with Crippen LogP contribution in [0.1, 0.15) is 56.9 Å². The molecule has 4 saturated heterocycles. The maximum atomic E-state index is 17.0. The Kier molecular flexibility index (Phi) is 7.26. The van der Waals surface area contributed by atoms with Gasteiger partial charge in [-0.1, -0.05) is 24.1 Å². The zero-order chi connectivity index (χ0) is 32.6. The summed E-state index contributed by atoms with van der Waals surface area (Å²) < 4.78 is 29.2. The molecule has 2 N–H and O–H groups in total. The van der Waals surface area contributed by atoms with Crippen LogP contribution in [0.2, 0.25) is 0 Å². The van der Waals surface area contributed by atoms with Gasteiger partial charge in [0.15, 0.2) is 5.82 Å². The monoisotopic (exact) mass is 647 g/mol. The molecule has 9 heteroatoms. The Balaban J connectivity index is 1.09. The molecule has 1 aromatic heterocycles. The number of aromatic hydroxyl groups is 1. The van der Waals surface area contributed by atoms with E-state index in [9.17, 15) is 5.11 Å². The lowest BCUT2D eigenvalue weighted by atomic mass is 9.93. The molecule has 9 rings (SSSR count). The van der Waals surface area contributed by atoms with E-state index in [4.69, 9.17) is 25.9 Å². The van der Waals surface area contributed by atoms with Gasteiger partial charge in [0, 0.05) is 78.2 Å². The van der Waals surface area contributed by atoms with E-state index >= 15 is 4.39 Å². The highest BCUT2D eigenvalue weighted by Gasteiger charge is 2.50. The van der Waals surface area contributed by atoms with E-state index in [1.54, 1.807) is 18.2 Å². The fourth-order valence-corrected chi connectivity index (χ4v) is 9.16. The summed E-state index contributed by atoms with van der Waals surface area (Å²) in [5, 5.41) is 16.5. The molecule has 248 valence electrons. The Morgan fingerprint density at radius 1 is 1.02 bits per heavy atom. The number of piperazine rings is 1. The third-order valence-electron chi connectivity index (χ3n) is 11.8. The van der Waals surface area contributed by atoms with Gasteiger partial charge in [0.2, 0.25) is 0 Å². The second kappa shape index (κ2) is 11.6. The maximum absolute atomic E-state index is 17.0.